The first-order valence-corrected chi connectivity index (χ1v) is 5.86. The Balaban J connectivity index is 2.14. The third-order valence-electron chi connectivity index (χ3n) is 3.02. The summed E-state index contributed by atoms with van der Waals surface area (Å²) in [4.78, 5) is 0. The van der Waals surface area contributed by atoms with Crippen LogP contribution in [0.1, 0.15) is 30.4 Å². The molecule has 1 aliphatic carbocycles. The molecule has 1 aliphatic rings. The maximum atomic E-state index is 12.8. The van der Waals surface area contributed by atoms with E-state index < -0.39 is 11.7 Å². The van der Waals surface area contributed by atoms with Crippen LogP contribution in [0.4, 0.5) is 18.9 Å². The van der Waals surface area contributed by atoms with Crippen LogP contribution in [0.5, 0.6) is 0 Å². The molecule has 2 rings (SSSR count). The maximum Gasteiger partial charge on any atom is 0.418 e. The van der Waals surface area contributed by atoms with E-state index in [1.807, 2.05) is 6.07 Å². The van der Waals surface area contributed by atoms with E-state index in [2.05, 4.69) is 5.32 Å². The minimum absolute atomic E-state index is 0.00204. The molecule has 0 aliphatic heterocycles. The normalized spacial score (nSPS) is 15.2. The number of halogens is 3. The third-order valence-corrected chi connectivity index (χ3v) is 3.02. The summed E-state index contributed by atoms with van der Waals surface area (Å²) >= 11 is 0. The number of hydrogen-bond donors (Lipinski definition) is 1. The lowest BCUT2D eigenvalue weighted by Crippen LogP contribution is -2.12. The maximum absolute atomic E-state index is 12.8. The Labute approximate surface area is 103 Å². The first-order valence-electron chi connectivity index (χ1n) is 5.86. The number of rotatable bonds is 4. The number of hydrogen-bond acceptors (Lipinski definition) is 2. The van der Waals surface area contributed by atoms with Crippen molar-refractivity contribution in [3.05, 3.63) is 29.3 Å². The summed E-state index contributed by atoms with van der Waals surface area (Å²) in [7, 11) is 0. The highest BCUT2D eigenvalue weighted by atomic mass is 19.4. The van der Waals surface area contributed by atoms with E-state index in [0.717, 1.165) is 12.5 Å². The molecule has 0 amide bonds. The number of anilines is 1. The van der Waals surface area contributed by atoms with Crippen molar-refractivity contribution in [3.63, 3.8) is 0 Å². The molecular formula is C13H13F3N2. The molecule has 18 heavy (non-hydrogen) atoms. The van der Waals surface area contributed by atoms with E-state index >= 15 is 0 Å². The van der Waals surface area contributed by atoms with Gasteiger partial charge in [0.25, 0.3) is 0 Å². The molecule has 1 aromatic carbocycles. The van der Waals surface area contributed by atoms with Gasteiger partial charge in [-0.2, -0.15) is 18.4 Å². The van der Waals surface area contributed by atoms with Crippen molar-refractivity contribution in [3.8, 4) is 6.07 Å². The zero-order valence-electron chi connectivity index (χ0n) is 9.72. The van der Waals surface area contributed by atoms with Crippen molar-refractivity contribution in [2.24, 2.45) is 5.92 Å². The number of benzene rings is 1. The molecule has 5 heteroatoms. The van der Waals surface area contributed by atoms with Gasteiger partial charge in [-0.25, -0.2) is 0 Å². The second kappa shape index (κ2) is 4.89. The van der Waals surface area contributed by atoms with Gasteiger partial charge < -0.3 is 5.32 Å². The van der Waals surface area contributed by atoms with Crippen molar-refractivity contribution < 1.29 is 13.2 Å². The Morgan fingerprint density at radius 3 is 2.61 bits per heavy atom. The SMILES string of the molecule is N#Cc1ccc(C(F)(F)F)c(NCCC2CC2)c1. The summed E-state index contributed by atoms with van der Waals surface area (Å²) in [5, 5.41) is 11.5. The van der Waals surface area contributed by atoms with E-state index in [-0.39, 0.29) is 11.3 Å². The Morgan fingerprint density at radius 2 is 2.06 bits per heavy atom. The molecule has 0 saturated heterocycles. The van der Waals surface area contributed by atoms with Crippen LogP contribution >= 0.6 is 0 Å². The molecule has 1 saturated carbocycles. The van der Waals surface area contributed by atoms with Gasteiger partial charge in [-0.3, -0.25) is 0 Å². The van der Waals surface area contributed by atoms with Crippen molar-refractivity contribution in [1.29, 1.82) is 5.26 Å². The largest absolute Gasteiger partial charge is 0.418 e. The molecule has 0 bridgehead atoms. The van der Waals surface area contributed by atoms with Crippen LogP contribution < -0.4 is 5.32 Å². The summed E-state index contributed by atoms with van der Waals surface area (Å²) in [6.07, 6.45) is -1.16. The fraction of sp³-hybridized carbons (Fsp3) is 0.462. The van der Waals surface area contributed by atoms with Gasteiger partial charge in [0.05, 0.1) is 17.2 Å². The second-order valence-electron chi connectivity index (χ2n) is 4.53. The van der Waals surface area contributed by atoms with E-state index in [1.54, 1.807) is 0 Å². The van der Waals surface area contributed by atoms with Crippen LogP contribution in [0.15, 0.2) is 18.2 Å². The lowest BCUT2D eigenvalue weighted by atomic mass is 10.1. The second-order valence-corrected chi connectivity index (χ2v) is 4.53. The van der Waals surface area contributed by atoms with Gasteiger partial charge in [0, 0.05) is 12.2 Å². The average molecular weight is 254 g/mol. The lowest BCUT2D eigenvalue weighted by Gasteiger charge is -2.14. The zero-order chi connectivity index (χ0) is 13.2. The smallest absolute Gasteiger partial charge is 0.385 e. The lowest BCUT2D eigenvalue weighted by molar-refractivity contribution is -0.136. The van der Waals surface area contributed by atoms with E-state index in [4.69, 9.17) is 5.26 Å². The van der Waals surface area contributed by atoms with E-state index in [9.17, 15) is 13.2 Å². The summed E-state index contributed by atoms with van der Waals surface area (Å²) in [6, 6.07) is 5.26. The molecule has 1 aromatic rings. The van der Waals surface area contributed by atoms with Crippen LogP contribution in [0.3, 0.4) is 0 Å². The zero-order valence-corrected chi connectivity index (χ0v) is 9.72. The molecule has 2 nitrogen and oxygen atoms in total. The summed E-state index contributed by atoms with van der Waals surface area (Å²) in [5.74, 6) is 0.658. The van der Waals surface area contributed by atoms with Crippen LogP contribution in [0.2, 0.25) is 0 Å². The van der Waals surface area contributed by atoms with Gasteiger partial charge in [-0.15, -0.1) is 0 Å². The van der Waals surface area contributed by atoms with Crippen molar-refractivity contribution in [1.82, 2.24) is 0 Å². The molecule has 0 aromatic heterocycles. The van der Waals surface area contributed by atoms with Gasteiger partial charge in [0.1, 0.15) is 0 Å². The van der Waals surface area contributed by atoms with Gasteiger partial charge in [-0.05, 0) is 30.5 Å². The number of alkyl halides is 3. The van der Waals surface area contributed by atoms with Gasteiger partial charge in [0.2, 0.25) is 0 Å². The predicted molar refractivity (Wildman–Crippen MR) is 62.0 cm³/mol. The molecule has 1 fully saturated rings. The molecule has 0 unspecified atom stereocenters. The molecule has 0 atom stereocenters. The fourth-order valence-corrected chi connectivity index (χ4v) is 1.82. The number of nitrogens with zero attached hydrogens (tertiary/aromatic N) is 1. The highest BCUT2D eigenvalue weighted by molar-refractivity contribution is 5.56. The average Bonchev–Trinajstić information content (AvgIpc) is 3.11. The fourth-order valence-electron chi connectivity index (χ4n) is 1.82. The highest BCUT2D eigenvalue weighted by Gasteiger charge is 2.33. The monoisotopic (exact) mass is 254 g/mol. The highest BCUT2D eigenvalue weighted by Crippen LogP contribution is 2.36. The van der Waals surface area contributed by atoms with Gasteiger partial charge >= 0.3 is 6.18 Å². The van der Waals surface area contributed by atoms with E-state index in [1.165, 1.54) is 25.0 Å². The number of nitriles is 1. The predicted octanol–water partition coefficient (Wildman–Crippen LogP) is 3.79. The number of nitrogens with one attached hydrogen (secondary N) is 1. The molecule has 0 radical (unpaired) electrons. The standard InChI is InChI=1S/C13H13F3N2/c14-13(15,16)11-4-3-10(8-17)7-12(11)18-6-5-9-1-2-9/h3-4,7,9,18H,1-2,5-6H2. The van der Waals surface area contributed by atoms with Gasteiger partial charge in [0.15, 0.2) is 0 Å². The minimum Gasteiger partial charge on any atom is -0.385 e. The first-order chi connectivity index (χ1) is 8.50. The van der Waals surface area contributed by atoms with Crippen molar-refractivity contribution in [2.75, 3.05) is 11.9 Å². The molecule has 0 spiro atoms. The molecule has 1 N–H and O–H groups in total. The Hall–Kier alpha value is -1.70. The van der Waals surface area contributed by atoms with Crippen LogP contribution in [0.25, 0.3) is 0 Å². The van der Waals surface area contributed by atoms with Crippen LogP contribution in [0, 0.1) is 17.2 Å². The van der Waals surface area contributed by atoms with Crippen LogP contribution in [-0.2, 0) is 6.18 Å². The quantitative estimate of drug-likeness (QED) is 0.887. The summed E-state index contributed by atoms with van der Waals surface area (Å²) in [6.45, 7) is 0.516. The molecular weight excluding hydrogens is 241 g/mol. The van der Waals surface area contributed by atoms with Crippen molar-refractivity contribution in [2.45, 2.75) is 25.4 Å². The molecule has 96 valence electrons. The van der Waals surface area contributed by atoms with E-state index in [0.29, 0.717) is 12.5 Å². The third kappa shape index (κ3) is 3.16. The Morgan fingerprint density at radius 1 is 1.33 bits per heavy atom. The topological polar surface area (TPSA) is 35.8 Å². The summed E-state index contributed by atoms with van der Waals surface area (Å²) in [5.41, 5.74) is -0.476. The van der Waals surface area contributed by atoms with Crippen molar-refractivity contribution >= 4 is 5.69 Å². The van der Waals surface area contributed by atoms with Crippen LogP contribution in [-0.4, -0.2) is 6.54 Å². The molecule has 0 heterocycles. The Bertz CT molecular complexity index is 470. The minimum atomic E-state index is -4.39. The first kappa shape index (κ1) is 12.7. The van der Waals surface area contributed by atoms with Gasteiger partial charge in [-0.1, -0.05) is 12.8 Å². The summed E-state index contributed by atoms with van der Waals surface area (Å²) < 4.78 is 38.3. The Kier molecular flexibility index (Phi) is 3.46.